The lowest BCUT2D eigenvalue weighted by Crippen LogP contribution is -2.20. The summed E-state index contributed by atoms with van der Waals surface area (Å²) >= 11 is 1.22. The van der Waals surface area contributed by atoms with Crippen LogP contribution < -0.4 is 14.9 Å². The molecule has 3 aromatic rings. The summed E-state index contributed by atoms with van der Waals surface area (Å²) in [5.41, 5.74) is 3.66. The maximum Gasteiger partial charge on any atom is 0.270 e. The first-order chi connectivity index (χ1) is 16.0. The Balaban J connectivity index is 1.64. The molecule has 0 saturated carbocycles. The van der Waals surface area contributed by atoms with Crippen molar-refractivity contribution in [3.05, 3.63) is 58.1 Å². The van der Waals surface area contributed by atoms with Crippen LogP contribution in [0, 0.1) is 10.1 Å². The number of carbonyl (C=O) groups excluding carboxylic acids is 1. The molecule has 2 aromatic carbocycles. The van der Waals surface area contributed by atoms with Gasteiger partial charge in [0, 0.05) is 29.8 Å². The maximum atomic E-state index is 12.2. The molecular formula is C21H22N6O5S. The first-order valence-electron chi connectivity index (χ1n) is 9.81. The van der Waals surface area contributed by atoms with Crippen molar-refractivity contribution in [2.24, 2.45) is 5.10 Å². The van der Waals surface area contributed by atoms with Crippen molar-refractivity contribution < 1.29 is 19.2 Å². The minimum atomic E-state index is -0.493. The van der Waals surface area contributed by atoms with Crippen molar-refractivity contribution in [1.29, 1.82) is 0 Å². The Morgan fingerprint density at radius 1 is 1.21 bits per heavy atom. The number of amides is 1. The molecule has 3 rings (SSSR count). The smallest absolute Gasteiger partial charge is 0.270 e. The number of rotatable bonds is 10. The van der Waals surface area contributed by atoms with E-state index >= 15 is 0 Å². The second-order valence-electron chi connectivity index (χ2n) is 6.55. The van der Waals surface area contributed by atoms with Crippen molar-refractivity contribution >= 4 is 29.6 Å². The fraction of sp³-hybridized carbons (Fsp3) is 0.238. The summed E-state index contributed by atoms with van der Waals surface area (Å²) in [6.45, 7) is 2.56. The van der Waals surface area contributed by atoms with Crippen LogP contribution in [0.5, 0.6) is 11.5 Å². The van der Waals surface area contributed by atoms with Crippen LogP contribution in [0.25, 0.3) is 11.4 Å². The number of non-ortho nitro benzene ring substituents is 1. The van der Waals surface area contributed by atoms with E-state index in [2.05, 4.69) is 20.7 Å². The van der Waals surface area contributed by atoms with Gasteiger partial charge < -0.3 is 14.0 Å². The highest BCUT2D eigenvalue weighted by atomic mass is 32.2. The molecule has 0 radical (unpaired) electrons. The number of nitrogens with one attached hydrogen (secondary N) is 1. The average molecular weight is 471 g/mol. The van der Waals surface area contributed by atoms with Gasteiger partial charge in [-0.15, -0.1) is 10.2 Å². The minimum absolute atomic E-state index is 0.0509. The molecule has 0 aliphatic carbocycles. The average Bonchev–Trinajstić information content (AvgIpc) is 3.25. The summed E-state index contributed by atoms with van der Waals surface area (Å²) in [6.07, 6.45) is 1.35. The zero-order valence-electron chi connectivity index (χ0n) is 18.2. The molecule has 0 aliphatic heterocycles. The molecule has 11 nitrogen and oxygen atoms in total. The Labute approximate surface area is 194 Å². The number of thioether (sulfide) groups is 1. The summed E-state index contributed by atoms with van der Waals surface area (Å²) in [7, 11) is 3.13. The van der Waals surface area contributed by atoms with Crippen LogP contribution in [0.3, 0.4) is 0 Å². The quantitative estimate of drug-likeness (QED) is 0.207. The Bertz CT molecular complexity index is 1180. The van der Waals surface area contributed by atoms with Crippen LogP contribution in [0.4, 0.5) is 5.69 Å². The summed E-state index contributed by atoms with van der Waals surface area (Å²) in [4.78, 5) is 22.5. The molecule has 12 heteroatoms. The first-order valence-corrected chi connectivity index (χ1v) is 10.8. The molecule has 1 aromatic heterocycles. The first kappa shape index (κ1) is 23.7. The Hall–Kier alpha value is -3.93. The number of aromatic nitrogens is 3. The molecule has 0 atom stereocenters. The van der Waals surface area contributed by atoms with Gasteiger partial charge in [-0.25, -0.2) is 5.43 Å². The predicted octanol–water partition coefficient (Wildman–Crippen LogP) is 3.13. The third-order valence-corrected chi connectivity index (χ3v) is 5.46. The van der Waals surface area contributed by atoms with E-state index in [0.717, 1.165) is 5.56 Å². The van der Waals surface area contributed by atoms with Crippen LogP contribution in [0.2, 0.25) is 0 Å². The summed E-state index contributed by atoms with van der Waals surface area (Å²) < 4.78 is 12.5. The second kappa shape index (κ2) is 11.1. The van der Waals surface area contributed by atoms with Gasteiger partial charge in [0.05, 0.1) is 31.1 Å². The second-order valence-corrected chi connectivity index (χ2v) is 7.50. The highest BCUT2D eigenvalue weighted by Crippen LogP contribution is 2.32. The summed E-state index contributed by atoms with van der Waals surface area (Å²) in [5, 5.41) is 23.7. The van der Waals surface area contributed by atoms with Gasteiger partial charge in [-0.2, -0.15) is 5.10 Å². The summed E-state index contributed by atoms with van der Waals surface area (Å²) in [5.74, 6) is 1.55. The van der Waals surface area contributed by atoms with Crippen LogP contribution in [-0.4, -0.2) is 51.8 Å². The van der Waals surface area contributed by atoms with Crippen LogP contribution in [-0.2, 0) is 11.3 Å². The number of hydrogen-bond donors (Lipinski definition) is 1. The predicted molar refractivity (Wildman–Crippen MR) is 124 cm³/mol. The van der Waals surface area contributed by atoms with Gasteiger partial charge in [0.15, 0.2) is 22.5 Å². The van der Waals surface area contributed by atoms with E-state index in [1.165, 1.54) is 30.1 Å². The van der Waals surface area contributed by atoms with Crippen molar-refractivity contribution in [1.82, 2.24) is 20.2 Å². The number of nitrogens with zero attached hydrogens (tertiary/aromatic N) is 5. The topological polar surface area (TPSA) is 134 Å². The van der Waals surface area contributed by atoms with E-state index in [1.807, 2.05) is 23.6 Å². The molecule has 33 heavy (non-hydrogen) atoms. The molecule has 1 N–H and O–H groups in total. The van der Waals surface area contributed by atoms with Crippen molar-refractivity contribution in [3.63, 3.8) is 0 Å². The van der Waals surface area contributed by atoms with Gasteiger partial charge in [-0.1, -0.05) is 23.9 Å². The molecule has 0 aliphatic rings. The Morgan fingerprint density at radius 3 is 2.70 bits per heavy atom. The number of nitro benzene ring substituents is 1. The minimum Gasteiger partial charge on any atom is -0.493 e. The fourth-order valence-corrected chi connectivity index (χ4v) is 3.72. The Morgan fingerprint density at radius 2 is 2.00 bits per heavy atom. The van der Waals surface area contributed by atoms with Crippen LogP contribution in [0.1, 0.15) is 12.5 Å². The van der Waals surface area contributed by atoms with Crippen molar-refractivity contribution in [2.75, 3.05) is 20.0 Å². The number of carbonyl (C=O) groups is 1. The van der Waals surface area contributed by atoms with Gasteiger partial charge in [0.2, 0.25) is 0 Å². The molecule has 0 unspecified atom stereocenters. The fourth-order valence-electron chi connectivity index (χ4n) is 2.93. The number of benzene rings is 2. The zero-order chi connectivity index (χ0) is 23.8. The van der Waals surface area contributed by atoms with Gasteiger partial charge in [0.25, 0.3) is 11.6 Å². The molecule has 0 fully saturated rings. The highest BCUT2D eigenvalue weighted by molar-refractivity contribution is 7.99. The van der Waals surface area contributed by atoms with E-state index in [4.69, 9.17) is 9.47 Å². The normalized spacial score (nSPS) is 10.9. The maximum absolute atomic E-state index is 12.2. The number of hydrogen-bond acceptors (Lipinski definition) is 9. The van der Waals surface area contributed by atoms with E-state index < -0.39 is 4.92 Å². The standard InChI is InChI=1S/C21H22N6O5S/c1-4-26-20(15-8-9-17(31-2)18(11-15)32-3)24-25-21(26)33-13-19(28)23-22-12-14-6-5-7-16(10-14)27(29)30/h5-12H,4,13H2,1-3H3,(H,23,28). The van der Waals surface area contributed by atoms with E-state index in [0.29, 0.717) is 34.6 Å². The lowest BCUT2D eigenvalue weighted by atomic mass is 10.2. The number of methoxy groups -OCH3 is 2. The van der Waals surface area contributed by atoms with Crippen LogP contribution >= 0.6 is 11.8 Å². The third kappa shape index (κ3) is 5.86. The van der Waals surface area contributed by atoms with Gasteiger partial charge in [-0.05, 0) is 25.1 Å². The number of ether oxygens (including phenoxy) is 2. The van der Waals surface area contributed by atoms with Crippen molar-refractivity contribution in [2.45, 2.75) is 18.6 Å². The lowest BCUT2D eigenvalue weighted by Gasteiger charge is -2.10. The van der Waals surface area contributed by atoms with Crippen molar-refractivity contribution in [3.8, 4) is 22.9 Å². The zero-order valence-corrected chi connectivity index (χ0v) is 19.0. The number of hydrazone groups is 1. The van der Waals surface area contributed by atoms with Crippen LogP contribution in [0.15, 0.2) is 52.7 Å². The van der Waals surface area contributed by atoms with Gasteiger partial charge in [-0.3, -0.25) is 14.9 Å². The van der Waals surface area contributed by atoms with E-state index in [9.17, 15) is 14.9 Å². The molecule has 0 spiro atoms. The number of nitro groups is 1. The molecule has 1 heterocycles. The molecular weight excluding hydrogens is 448 g/mol. The Kier molecular flexibility index (Phi) is 7.97. The summed E-state index contributed by atoms with van der Waals surface area (Å²) in [6, 6.07) is 11.4. The lowest BCUT2D eigenvalue weighted by molar-refractivity contribution is -0.384. The third-order valence-electron chi connectivity index (χ3n) is 4.49. The van der Waals surface area contributed by atoms with Gasteiger partial charge in [0.1, 0.15) is 0 Å². The molecule has 172 valence electrons. The molecule has 0 saturated heterocycles. The van der Waals surface area contributed by atoms with E-state index in [-0.39, 0.29) is 17.3 Å². The van der Waals surface area contributed by atoms with E-state index in [1.54, 1.807) is 32.4 Å². The SMILES string of the molecule is CCn1c(SCC(=O)NN=Cc2cccc([N+](=O)[O-])c2)nnc1-c1ccc(OC)c(OC)c1. The molecule has 1 amide bonds. The monoisotopic (exact) mass is 470 g/mol. The molecule has 0 bridgehead atoms. The largest absolute Gasteiger partial charge is 0.493 e. The van der Waals surface area contributed by atoms with Gasteiger partial charge >= 0.3 is 0 Å². The highest BCUT2D eigenvalue weighted by Gasteiger charge is 2.16.